The van der Waals surface area contributed by atoms with Crippen LogP contribution in [0.5, 0.6) is 0 Å². The maximum absolute atomic E-state index is 12.1. The molecule has 0 aliphatic rings. The average Bonchev–Trinajstić information content (AvgIpc) is 2.84. The fourth-order valence-corrected chi connectivity index (χ4v) is 3.99. The highest BCUT2D eigenvalue weighted by Crippen LogP contribution is 2.24. The number of sulfonamides is 1. The van der Waals surface area contributed by atoms with E-state index in [1.807, 2.05) is 13.0 Å². The molecule has 0 amide bonds. The highest BCUT2D eigenvalue weighted by Gasteiger charge is 2.23. The van der Waals surface area contributed by atoms with Gasteiger partial charge in [0.1, 0.15) is 4.21 Å². The Hall–Kier alpha value is -0.920. The first-order valence-corrected chi connectivity index (χ1v) is 7.79. The van der Waals surface area contributed by atoms with Crippen LogP contribution in [-0.4, -0.2) is 39.4 Å². The van der Waals surface area contributed by atoms with Crippen LogP contribution in [0.2, 0.25) is 0 Å². The van der Waals surface area contributed by atoms with E-state index in [4.69, 9.17) is 0 Å². The minimum Gasteiger partial charge on any atom is -0.469 e. The van der Waals surface area contributed by atoms with E-state index in [9.17, 15) is 13.2 Å². The molecule has 0 saturated carbocycles. The second-order valence-corrected chi connectivity index (χ2v) is 7.17. The first kappa shape index (κ1) is 15.1. The lowest BCUT2D eigenvalue weighted by molar-refractivity contribution is -0.140. The highest BCUT2D eigenvalue weighted by molar-refractivity contribution is 7.91. The monoisotopic (exact) mass is 291 g/mol. The Balaban J connectivity index is 2.76. The van der Waals surface area contributed by atoms with Crippen LogP contribution in [0.25, 0.3) is 0 Å². The molecule has 1 aromatic rings. The van der Waals surface area contributed by atoms with E-state index in [1.165, 1.54) is 29.8 Å². The minimum atomic E-state index is -3.49. The number of carbonyl (C=O) groups is 1. The lowest BCUT2D eigenvalue weighted by atomic mass is 10.4. The summed E-state index contributed by atoms with van der Waals surface area (Å²) in [5.41, 5.74) is 0. The summed E-state index contributed by atoms with van der Waals surface area (Å²) in [6.07, 6.45) is 0.865. The molecule has 102 valence electrons. The first-order chi connectivity index (χ1) is 8.41. The van der Waals surface area contributed by atoms with E-state index < -0.39 is 16.0 Å². The number of nitrogens with zero attached hydrogens (tertiary/aromatic N) is 1. The predicted molar refractivity (Wildman–Crippen MR) is 70.1 cm³/mol. The summed E-state index contributed by atoms with van der Waals surface area (Å²) >= 11 is 1.26. The SMILES string of the molecule is CCc1ccc(S(=O)(=O)N(C)CCC(=O)OC)s1. The molecule has 18 heavy (non-hydrogen) atoms. The molecule has 0 aromatic carbocycles. The van der Waals surface area contributed by atoms with Gasteiger partial charge in [-0.1, -0.05) is 6.92 Å². The zero-order valence-corrected chi connectivity index (χ0v) is 12.3. The Bertz CT molecular complexity index is 507. The van der Waals surface area contributed by atoms with Gasteiger partial charge in [-0.25, -0.2) is 8.42 Å². The molecule has 0 fully saturated rings. The molecule has 0 radical (unpaired) electrons. The number of hydrogen-bond donors (Lipinski definition) is 0. The van der Waals surface area contributed by atoms with Gasteiger partial charge in [-0.15, -0.1) is 11.3 Å². The number of aryl methyl sites for hydroxylation is 1. The van der Waals surface area contributed by atoms with Crippen LogP contribution in [0.1, 0.15) is 18.2 Å². The number of rotatable bonds is 6. The third-order valence-electron chi connectivity index (χ3n) is 2.51. The Kier molecular flexibility index (Phi) is 5.30. The summed E-state index contributed by atoms with van der Waals surface area (Å²) in [6, 6.07) is 3.42. The molecule has 0 aliphatic heterocycles. The fraction of sp³-hybridized carbons (Fsp3) is 0.545. The van der Waals surface area contributed by atoms with Crippen LogP contribution in [-0.2, 0) is 26.0 Å². The van der Waals surface area contributed by atoms with Gasteiger partial charge in [0.2, 0.25) is 0 Å². The second-order valence-electron chi connectivity index (χ2n) is 3.73. The largest absolute Gasteiger partial charge is 0.469 e. The van der Waals surface area contributed by atoms with Crippen molar-refractivity contribution in [1.82, 2.24) is 4.31 Å². The van der Waals surface area contributed by atoms with Gasteiger partial charge in [0.15, 0.2) is 0 Å². The summed E-state index contributed by atoms with van der Waals surface area (Å²) in [6.45, 7) is 2.09. The van der Waals surface area contributed by atoms with E-state index in [1.54, 1.807) is 6.07 Å². The van der Waals surface area contributed by atoms with Gasteiger partial charge in [-0.3, -0.25) is 4.79 Å². The summed E-state index contributed by atoms with van der Waals surface area (Å²) in [7, 11) is -0.745. The maximum atomic E-state index is 12.1. The zero-order chi connectivity index (χ0) is 13.8. The Morgan fingerprint density at radius 2 is 2.11 bits per heavy atom. The van der Waals surface area contributed by atoms with Crippen molar-refractivity contribution in [3.8, 4) is 0 Å². The Morgan fingerprint density at radius 1 is 1.44 bits per heavy atom. The van der Waals surface area contributed by atoms with Crippen LogP contribution in [0.15, 0.2) is 16.3 Å². The molecule has 0 bridgehead atoms. The van der Waals surface area contributed by atoms with Gasteiger partial charge in [0.05, 0.1) is 13.5 Å². The standard InChI is InChI=1S/C11H17NO4S2/c1-4-9-5-6-11(17-9)18(14,15)12(2)8-7-10(13)16-3/h5-6H,4,7-8H2,1-3H3. The normalized spacial score (nSPS) is 11.8. The number of esters is 1. The fourth-order valence-electron chi connectivity index (χ4n) is 1.31. The van der Waals surface area contributed by atoms with Crippen LogP contribution in [0, 0.1) is 0 Å². The number of methoxy groups -OCH3 is 1. The Morgan fingerprint density at radius 3 is 2.61 bits per heavy atom. The molecule has 1 heterocycles. The van der Waals surface area contributed by atoms with Crippen molar-refractivity contribution >= 4 is 27.3 Å². The number of carbonyl (C=O) groups excluding carboxylic acids is 1. The van der Waals surface area contributed by atoms with Crippen molar-refractivity contribution in [3.05, 3.63) is 17.0 Å². The number of ether oxygens (including phenoxy) is 1. The molecular weight excluding hydrogens is 274 g/mol. The first-order valence-electron chi connectivity index (χ1n) is 5.53. The molecule has 0 atom stereocenters. The van der Waals surface area contributed by atoms with Crippen LogP contribution < -0.4 is 0 Å². The number of thiophene rings is 1. The lowest BCUT2D eigenvalue weighted by Crippen LogP contribution is -2.28. The van der Waals surface area contributed by atoms with E-state index in [0.29, 0.717) is 4.21 Å². The molecule has 0 aliphatic carbocycles. The van der Waals surface area contributed by atoms with Crippen LogP contribution in [0.4, 0.5) is 0 Å². The summed E-state index contributed by atoms with van der Waals surface area (Å²) in [4.78, 5) is 12.0. The topological polar surface area (TPSA) is 63.7 Å². The van der Waals surface area contributed by atoms with Crippen molar-refractivity contribution in [3.63, 3.8) is 0 Å². The summed E-state index contributed by atoms with van der Waals surface area (Å²) in [5.74, 6) is -0.419. The zero-order valence-electron chi connectivity index (χ0n) is 10.7. The van der Waals surface area contributed by atoms with Crippen LogP contribution in [0.3, 0.4) is 0 Å². The molecule has 0 saturated heterocycles. The van der Waals surface area contributed by atoms with Gasteiger partial charge in [0, 0.05) is 18.5 Å². The van der Waals surface area contributed by atoms with Crippen molar-refractivity contribution in [2.24, 2.45) is 0 Å². The van der Waals surface area contributed by atoms with E-state index in [2.05, 4.69) is 4.74 Å². The van der Waals surface area contributed by atoms with Gasteiger partial charge in [0.25, 0.3) is 10.0 Å². The van der Waals surface area contributed by atoms with Crippen LogP contribution >= 0.6 is 11.3 Å². The number of hydrogen-bond acceptors (Lipinski definition) is 5. The van der Waals surface area contributed by atoms with Gasteiger partial charge >= 0.3 is 5.97 Å². The maximum Gasteiger partial charge on any atom is 0.306 e. The van der Waals surface area contributed by atoms with E-state index in [-0.39, 0.29) is 13.0 Å². The van der Waals surface area contributed by atoms with Crippen molar-refractivity contribution in [2.75, 3.05) is 20.7 Å². The third kappa shape index (κ3) is 3.54. The molecule has 1 aromatic heterocycles. The quantitative estimate of drug-likeness (QED) is 0.745. The molecule has 7 heteroatoms. The second kappa shape index (κ2) is 6.31. The highest BCUT2D eigenvalue weighted by atomic mass is 32.2. The van der Waals surface area contributed by atoms with Gasteiger partial charge < -0.3 is 4.74 Å². The molecule has 0 N–H and O–H groups in total. The van der Waals surface area contributed by atoms with Crippen molar-refractivity contribution in [1.29, 1.82) is 0 Å². The average molecular weight is 291 g/mol. The smallest absolute Gasteiger partial charge is 0.306 e. The lowest BCUT2D eigenvalue weighted by Gasteiger charge is -2.14. The molecule has 1 rings (SSSR count). The summed E-state index contributed by atoms with van der Waals surface area (Å²) in [5, 5.41) is 0. The molecule has 5 nitrogen and oxygen atoms in total. The predicted octanol–water partition coefficient (Wildman–Crippen LogP) is 1.49. The van der Waals surface area contributed by atoms with Crippen molar-refractivity contribution < 1.29 is 17.9 Å². The third-order valence-corrected chi connectivity index (χ3v) is 6.06. The van der Waals surface area contributed by atoms with E-state index >= 15 is 0 Å². The molecule has 0 unspecified atom stereocenters. The van der Waals surface area contributed by atoms with Crippen molar-refractivity contribution in [2.45, 2.75) is 24.0 Å². The minimum absolute atomic E-state index is 0.0538. The summed E-state index contributed by atoms with van der Waals surface area (Å²) < 4.78 is 30.3. The molecular formula is C11H17NO4S2. The van der Waals surface area contributed by atoms with E-state index in [0.717, 1.165) is 11.3 Å². The van der Waals surface area contributed by atoms with Gasteiger partial charge in [-0.2, -0.15) is 4.31 Å². The molecule has 0 spiro atoms. The van der Waals surface area contributed by atoms with Gasteiger partial charge in [-0.05, 0) is 18.6 Å². The Labute approximate surface area is 111 Å².